The Hall–Kier alpha value is -1.06. The summed E-state index contributed by atoms with van der Waals surface area (Å²) in [5.41, 5.74) is 0. The lowest BCUT2D eigenvalue weighted by molar-refractivity contribution is -0.144. The van der Waals surface area contributed by atoms with Gasteiger partial charge in [0.05, 0.1) is 13.0 Å². The van der Waals surface area contributed by atoms with Crippen molar-refractivity contribution >= 4 is 11.9 Å². The van der Waals surface area contributed by atoms with Crippen LogP contribution in [0, 0.1) is 0 Å². The van der Waals surface area contributed by atoms with Gasteiger partial charge in [-0.3, -0.25) is 9.59 Å². The molecule has 0 N–H and O–H groups in total. The van der Waals surface area contributed by atoms with Gasteiger partial charge in [-0.05, 0) is 19.8 Å². The first-order chi connectivity index (χ1) is 8.15. The number of amides is 1. The average Bonchev–Trinajstić information content (AvgIpc) is 2.30. The summed E-state index contributed by atoms with van der Waals surface area (Å²) in [6.07, 6.45) is 6.09. The molecule has 0 heterocycles. The van der Waals surface area contributed by atoms with Gasteiger partial charge in [0.1, 0.15) is 0 Å². The van der Waals surface area contributed by atoms with E-state index in [1.165, 1.54) is 19.3 Å². The molecule has 0 atom stereocenters. The van der Waals surface area contributed by atoms with E-state index >= 15 is 0 Å². The molecule has 1 amide bonds. The molecule has 4 nitrogen and oxygen atoms in total. The van der Waals surface area contributed by atoms with E-state index in [0.717, 1.165) is 12.8 Å². The number of ether oxygens (including phenoxy) is 1. The molecule has 1 fully saturated rings. The van der Waals surface area contributed by atoms with Crippen molar-refractivity contribution in [3.63, 3.8) is 0 Å². The predicted molar refractivity (Wildman–Crippen MR) is 65.5 cm³/mol. The second kappa shape index (κ2) is 7.30. The summed E-state index contributed by atoms with van der Waals surface area (Å²) in [7, 11) is 0. The number of esters is 1. The third kappa shape index (κ3) is 4.75. The maximum Gasteiger partial charge on any atom is 0.307 e. The van der Waals surface area contributed by atoms with Crippen molar-refractivity contribution in [2.75, 3.05) is 13.2 Å². The summed E-state index contributed by atoms with van der Waals surface area (Å²) in [5, 5.41) is 0. The molecule has 0 bridgehead atoms. The van der Waals surface area contributed by atoms with Gasteiger partial charge in [-0.15, -0.1) is 0 Å². The molecule has 0 aromatic carbocycles. The summed E-state index contributed by atoms with van der Waals surface area (Å²) in [4.78, 5) is 24.7. The number of rotatable bonds is 5. The Labute approximate surface area is 103 Å². The standard InChI is InChI=1S/C13H23NO3/c1-3-17-13(16)9-10-14(11(2)15)12-7-5-4-6-8-12/h12H,3-10H2,1-2H3. The van der Waals surface area contributed by atoms with E-state index in [0.29, 0.717) is 25.6 Å². The summed E-state index contributed by atoms with van der Waals surface area (Å²) >= 11 is 0. The van der Waals surface area contributed by atoms with Crippen molar-refractivity contribution in [1.29, 1.82) is 0 Å². The van der Waals surface area contributed by atoms with Crippen LogP contribution in [-0.2, 0) is 14.3 Å². The molecular formula is C13H23NO3. The predicted octanol–water partition coefficient (Wildman–Crippen LogP) is 2.12. The molecule has 0 spiro atoms. The Balaban J connectivity index is 2.42. The summed E-state index contributed by atoms with van der Waals surface area (Å²) in [6.45, 7) is 4.28. The number of nitrogens with zero attached hydrogens (tertiary/aromatic N) is 1. The van der Waals surface area contributed by atoms with E-state index in [-0.39, 0.29) is 11.9 Å². The molecule has 1 rings (SSSR count). The van der Waals surface area contributed by atoms with E-state index in [1.54, 1.807) is 13.8 Å². The minimum Gasteiger partial charge on any atom is -0.466 e. The molecule has 0 aliphatic heterocycles. The highest BCUT2D eigenvalue weighted by Crippen LogP contribution is 2.22. The zero-order valence-electron chi connectivity index (χ0n) is 10.9. The minimum absolute atomic E-state index is 0.0706. The Kier molecular flexibility index (Phi) is 6.01. The van der Waals surface area contributed by atoms with Crippen LogP contribution >= 0.6 is 0 Å². The fraction of sp³-hybridized carbons (Fsp3) is 0.846. The van der Waals surface area contributed by atoms with Crippen molar-refractivity contribution in [2.45, 2.75) is 58.4 Å². The number of hydrogen-bond donors (Lipinski definition) is 0. The maximum atomic E-state index is 11.6. The van der Waals surface area contributed by atoms with Crippen LogP contribution in [0.5, 0.6) is 0 Å². The first kappa shape index (κ1) is 14.0. The van der Waals surface area contributed by atoms with Crippen LogP contribution in [0.2, 0.25) is 0 Å². The molecule has 1 saturated carbocycles. The average molecular weight is 241 g/mol. The second-order valence-corrected chi connectivity index (χ2v) is 4.56. The van der Waals surface area contributed by atoms with Gasteiger partial charge in [-0.2, -0.15) is 0 Å². The lowest BCUT2D eigenvalue weighted by Gasteiger charge is -2.33. The van der Waals surface area contributed by atoms with Crippen LogP contribution in [0.4, 0.5) is 0 Å². The maximum absolute atomic E-state index is 11.6. The quantitative estimate of drug-likeness (QED) is 0.693. The Morgan fingerprint density at radius 2 is 1.88 bits per heavy atom. The largest absolute Gasteiger partial charge is 0.466 e. The molecule has 4 heteroatoms. The van der Waals surface area contributed by atoms with Gasteiger partial charge in [0.25, 0.3) is 0 Å². The highest BCUT2D eigenvalue weighted by atomic mass is 16.5. The molecule has 0 aromatic rings. The Bertz CT molecular complexity index is 259. The van der Waals surface area contributed by atoms with E-state index in [1.807, 2.05) is 4.90 Å². The normalized spacial score (nSPS) is 16.6. The molecule has 0 saturated heterocycles. The van der Waals surface area contributed by atoms with Crippen LogP contribution in [0.3, 0.4) is 0 Å². The van der Waals surface area contributed by atoms with Gasteiger partial charge in [-0.25, -0.2) is 0 Å². The van der Waals surface area contributed by atoms with E-state index in [9.17, 15) is 9.59 Å². The molecule has 1 aliphatic carbocycles. The van der Waals surface area contributed by atoms with E-state index < -0.39 is 0 Å². The van der Waals surface area contributed by atoms with E-state index in [4.69, 9.17) is 4.74 Å². The lowest BCUT2D eigenvalue weighted by Crippen LogP contribution is -2.41. The van der Waals surface area contributed by atoms with Gasteiger partial charge in [-0.1, -0.05) is 19.3 Å². The second-order valence-electron chi connectivity index (χ2n) is 4.56. The monoisotopic (exact) mass is 241 g/mol. The zero-order chi connectivity index (χ0) is 12.7. The number of carbonyl (C=O) groups excluding carboxylic acids is 2. The third-order valence-corrected chi connectivity index (χ3v) is 3.28. The van der Waals surface area contributed by atoms with Crippen LogP contribution in [0.15, 0.2) is 0 Å². The fourth-order valence-electron chi connectivity index (χ4n) is 2.43. The minimum atomic E-state index is -0.213. The molecule has 98 valence electrons. The summed E-state index contributed by atoms with van der Waals surface area (Å²) < 4.78 is 4.88. The Morgan fingerprint density at radius 3 is 2.41 bits per heavy atom. The van der Waals surface area contributed by atoms with Gasteiger partial charge in [0.15, 0.2) is 0 Å². The van der Waals surface area contributed by atoms with Crippen LogP contribution in [-0.4, -0.2) is 36.0 Å². The summed E-state index contributed by atoms with van der Waals surface area (Å²) in [5.74, 6) is -0.143. The topological polar surface area (TPSA) is 46.6 Å². The van der Waals surface area contributed by atoms with Crippen LogP contribution in [0.25, 0.3) is 0 Å². The SMILES string of the molecule is CCOC(=O)CCN(C(C)=O)C1CCCCC1. The lowest BCUT2D eigenvalue weighted by atomic mass is 9.94. The van der Waals surface area contributed by atoms with Crippen molar-refractivity contribution in [2.24, 2.45) is 0 Å². The first-order valence-electron chi connectivity index (χ1n) is 6.58. The zero-order valence-corrected chi connectivity index (χ0v) is 10.9. The molecule has 0 aromatic heterocycles. The van der Waals surface area contributed by atoms with Crippen molar-refractivity contribution in [3.05, 3.63) is 0 Å². The molecule has 0 unspecified atom stereocenters. The first-order valence-corrected chi connectivity index (χ1v) is 6.58. The van der Waals surface area contributed by atoms with Gasteiger partial charge in [0.2, 0.25) is 5.91 Å². The van der Waals surface area contributed by atoms with Crippen molar-refractivity contribution < 1.29 is 14.3 Å². The third-order valence-electron chi connectivity index (χ3n) is 3.28. The highest BCUT2D eigenvalue weighted by Gasteiger charge is 2.23. The Morgan fingerprint density at radius 1 is 1.24 bits per heavy atom. The van der Waals surface area contributed by atoms with Crippen molar-refractivity contribution in [3.8, 4) is 0 Å². The molecule has 1 aliphatic rings. The highest BCUT2D eigenvalue weighted by molar-refractivity contribution is 5.75. The molecule has 0 radical (unpaired) electrons. The van der Waals surface area contributed by atoms with Crippen molar-refractivity contribution in [1.82, 2.24) is 4.90 Å². The molecular weight excluding hydrogens is 218 g/mol. The van der Waals surface area contributed by atoms with Crippen LogP contribution < -0.4 is 0 Å². The number of hydrogen-bond acceptors (Lipinski definition) is 3. The molecule has 17 heavy (non-hydrogen) atoms. The van der Waals surface area contributed by atoms with Gasteiger partial charge < -0.3 is 9.64 Å². The number of carbonyl (C=O) groups is 2. The summed E-state index contributed by atoms with van der Waals surface area (Å²) in [6, 6.07) is 0.329. The van der Waals surface area contributed by atoms with Gasteiger partial charge in [0, 0.05) is 19.5 Å². The smallest absolute Gasteiger partial charge is 0.307 e. The van der Waals surface area contributed by atoms with Crippen LogP contribution in [0.1, 0.15) is 52.4 Å². The van der Waals surface area contributed by atoms with E-state index in [2.05, 4.69) is 0 Å². The van der Waals surface area contributed by atoms with Gasteiger partial charge >= 0.3 is 5.97 Å². The fourth-order valence-corrected chi connectivity index (χ4v) is 2.43.